The van der Waals surface area contributed by atoms with Gasteiger partial charge in [-0.05, 0) is 25.8 Å². The zero-order valence-electron chi connectivity index (χ0n) is 13.8. The Morgan fingerprint density at radius 3 is 2.61 bits per heavy atom. The molecule has 0 saturated heterocycles. The first kappa shape index (κ1) is 19.0. The van der Waals surface area contributed by atoms with Crippen molar-refractivity contribution in [1.82, 2.24) is 4.90 Å². The molecule has 1 aromatic carbocycles. The Kier molecular flexibility index (Phi) is 8.75. The molecule has 23 heavy (non-hydrogen) atoms. The molecule has 0 atom stereocenters. The SMILES string of the molecule is CCOC(=O)CN(Cc1ccccc1O)C(=O)CCCCOC. The highest BCUT2D eigenvalue weighted by atomic mass is 16.5. The molecule has 6 heteroatoms. The lowest BCUT2D eigenvalue weighted by Crippen LogP contribution is -2.36. The van der Waals surface area contributed by atoms with Crippen LogP contribution in [-0.2, 0) is 25.6 Å². The van der Waals surface area contributed by atoms with Gasteiger partial charge in [0, 0.05) is 32.2 Å². The Morgan fingerprint density at radius 2 is 1.96 bits per heavy atom. The van der Waals surface area contributed by atoms with Gasteiger partial charge in [-0.2, -0.15) is 0 Å². The van der Waals surface area contributed by atoms with E-state index in [0.717, 1.165) is 6.42 Å². The van der Waals surface area contributed by atoms with Crippen LogP contribution in [0.1, 0.15) is 31.7 Å². The highest BCUT2D eigenvalue weighted by molar-refractivity contribution is 5.82. The average Bonchev–Trinajstić information content (AvgIpc) is 2.53. The van der Waals surface area contributed by atoms with Crippen molar-refractivity contribution in [1.29, 1.82) is 0 Å². The number of para-hydroxylation sites is 1. The van der Waals surface area contributed by atoms with Crippen LogP contribution < -0.4 is 0 Å². The quantitative estimate of drug-likeness (QED) is 0.527. The lowest BCUT2D eigenvalue weighted by atomic mass is 10.1. The Hall–Kier alpha value is -2.08. The fraction of sp³-hybridized carbons (Fsp3) is 0.529. The van der Waals surface area contributed by atoms with E-state index in [-0.39, 0.29) is 31.4 Å². The first-order chi connectivity index (χ1) is 11.1. The van der Waals surface area contributed by atoms with Crippen LogP contribution in [0.25, 0.3) is 0 Å². The molecular formula is C17H25NO5. The number of hydrogen-bond acceptors (Lipinski definition) is 5. The van der Waals surface area contributed by atoms with Crippen LogP contribution in [0, 0.1) is 0 Å². The molecule has 0 unspecified atom stereocenters. The first-order valence-corrected chi connectivity index (χ1v) is 7.77. The van der Waals surface area contributed by atoms with Crippen LogP contribution in [0.2, 0.25) is 0 Å². The third kappa shape index (κ3) is 7.15. The number of phenolic OH excluding ortho intramolecular Hbond substituents is 1. The van der Waals surface area contributed by atoms with Crippen molar-refractivity contribution in [2.24, 2.45) is 0 Å². The van der Waals surface area contributed by atoms with Gasteiger partial charge in [0.25, 0.3) is 0 Å². The molecule has 0 spiro atoms. The maximum Gasteiger partial charge on any atom is 0.325 e. The molecule has 1 N–H and O–H groups in total. The molecule has 0 aromatic heterocycles. The van der Waals surface area contributed by atoms with E-state index in [1.807, 2.05) is 0 Å². The van der Waals surface area contributed by atoms with Gasteiger partial charge in [0.05, 0.1) is 6.61 Å². The van der Waals surface area contributed by atoms with E-state index in [0.29, 0.717) is 25.0 Å². The van der Waals surface area contributed by atoms with Crippen molar-refractivity contribution in [3.8, 4) is 5.75 Å². The minimum absolute atomic E-state index is 0.105. The van der Waals surface area contributed by atoms with Crippen LogP contribution in [0.15, 0.2) is 24.3 Å². The fourth-order valence-corrected chi connectivity index (χ4v) is 2.13. The maximum atomic E-state index is 12.4. The summed E-state index contributed by atoms with van der Waals surface area (Å²) in [7, 11) is 1.62. The number of amides is 1. The van der Waals surface area contributed by atoms with Gasteiger partial charge in [-0.1, -0.05) is 18.2 Å². The predicted molar refractivity (Wildman–Crippen MR) is 85.9 cm³/mol. The molecular weight excluding hydrogens is 298 g/mol. The van der Waals surface area contributed by atoms with Crippen LogP contribution in [-0.4, -0.2) is 48.8 Å². The number of carbonyl (C=O) groups excluding carboxylic acids is 2. The zero-order chi connectivity index (χ0) is 17.1. The van der Waals surface area contributed by atoms with Gasteiger partial charge in [0.2, 0.25) is 5.91 Å². The van der Waals surface area contributed by atoms with Crippen LogP contribution in [0.3, 0.4) is 0 Å². The third-order valence-electron chi connectivity index (χ3n) is 3.32. The highest BCUT2D eigenvalue weighted by Crippen LogP contribution is 2.18. The number of nitrogens with zero attached hydrogens (tertiary/aromatic N) is 1. The molecule has 6 nitrogen and oxygen atoms in total. The van der Waals surface area contributed by atoms with E-state index in [1.54, 1.807) is 38.3 Å². The predicted octanol–water partition coefficient (Wildman–Crippen LogP) is 2.10. The van der Waals surface area contributed by atoms with Gasteiger partial charge < -0.3 is 19.5 Å². The smallest absolute Gasteiger partial charge is 0.325 e. The van der Waals surface area contributed by atoms with Crippen LogP contribution >= 0.6 is 0 Å². The Balaban J connectivity index is 2.70. The second-order valence-electron chi connectivity index (χ2n) is 5.13. The van der Waals surface area contributed by atoms with Crippen molar-refractivity contribution >= 4 is 11.9 Å². The Labute approximate surface area is 137 Å². The van der Waals surface area contributed by atoms with E-state index in [2.05, 4.69) is 0 Å². The Bertz CT molecular complexity index is 504. The second-order valence-corrected chi connectivity index (χ2v) is 5.13. The zero-order valence-corrected chi connectivity index (χ0v) is 13.8. The summed E-state index contributed by atoms with van der Waals surface area (Å²) >= 11 is 0. The van der Waals surface area contributed by atoms with Gasteiger partial charge >= 0.3 is 5.97 Å². The minimum atomic E-state index is -0.451. The number of unbranched alkanes of at least 4 members (excludes halogenated alkanes) is 1. The number of benzene rings is 1. The molecule has 0 fully saturated rings. The largest absolute Gasteiger partial charge is 0.508 e. The number of carbonyl (C=O) groups is 2. The third-order valence-corrected chi connectivity index (χ3v) is 3.32. The summed E-state index contributed by atoms with van der Waals surface area (Å²) in [6.07, 6.45) is 1.80. The van der Waals surface area contributed by atoms with Crippen molar-refractivity contribution in [2.75, 3.05) is 26.9 Å². The summed E-state index contributed by atoms with van der Waals surface area (Å²) < 4.78 is 9.88. The molecule has 0 bridgehead atoms. The van der Waals surface area contributed by atoms with Crippen molar-refractivity contribution in [3.05, 3.63) is 29.8 Å². The molecule has 1 aromatic rings. The average molecular weight is 323 g/mol. The number of ether oxygens (including phenoxy) is 2. The normalized spacial score (nSPS) is 10.3. The molecule has 0 aliphatic heterocycles. The number of esters is 1. The van der Waals surface area contributed by atoms with Gasteiger partial charge in [-0.3, -0.25) is 9.59 Å². The van der Waals surface area contributed by atoms with E-state index in [1.165, 1.54) is 4.90 Å². The lowest BCUT2D eigenvalue weighted by Gasteiger charge is -2.22. The topological polar surface area (TPSA) is 76.1 Å². The van der Waals surface area contributed by atoms with E-state index < -0.39 is 5.97 Å². The van der Waals surface area contributed by atoms with Crippen molar-refractivity contribution in [3.63, 3.8) is 0 Å². The van der Waals surface area contributed by atoms with Crippen LogP contribution in [0.5, 0.6) is 5.75 Å². The lowest BCUT2D eigenvalue weighted by molar-refractivity contribution is -0.149. The van der Waals surface area contributed by atoms with Gasteiger partial charge in [-0.15, -0.1) is 0 Å². The molecule has 128 valence electrons. The molecule has 0 heterocycles. The fourth-order valence-electron chi connectivity index (χ4n) is 2.13. The summed E-state index contributed by atoms with van der Waals surface area (Å²) in [6, 6.07) is 6.77. The molecule has 0 aliphatic carbocycles. The molecule has 1 amide bonds. The number of hydrogen-bond donors (Lipinski definition) is 1. The van der Waals surface area contributed by atoms with Gasteiger partial charge in [-0.25, -0.2) is 0 Å². The number of aromatic hydroxyl groups is 1. The summed E-state index contributed by atoms with van der Waals surface area (Å²) in [5.74, 6) is -0.487. The van der Waals surface area contributed by atoms with Gasteiger partial charge in [0.1, 0.15) is 12.3 Å². The number of methoxy groups -OCH3 is 1. The van der Waals surface area contributed by atoms with Crippen LogP contribution in [0.4, 0.5) is 0 Å². The minimum Gasteiger partial charge on any atom is -0.508 e. The molecule has 0 radical (unpaired) electrons. The van der Waals surface area contributed by atoms with Gasteiger partial charge in [0.15, 0.2) is 0 Å². The van der Waals surface area contributed by atoms with E-state index in [9.17, 15) is 14.7 Å². The van der Waals surface area contributed by atoms with E-state index >= 15 is 0 Å². The summed E-state index contributed by atoms with van der Waals surface area (Å²) in [6.45, 7) is 2.65. The summed E-state index contributed by atoms with van der Waals surface area (Å²) in [5, 5.41) is 9.85. The van der Waals surface area contributed by atoms with Crippen molar-refractivity contribution in [2.45, 2.75) is 32.7 Å². The highest BCUT2D eigenvalue weighted by Gasteiger charge is 2.19. The number of rotatable bonds is 10. The summed E-state index contributed by atoms with van der Waals surface area (Å²) in [5.41, 5.74) is 0.599. The molecule has 0 aliphatic rings. The van der Waals surface area contributed by atoms with Crippen molar-refractivity contribution < 1.29 is 24.2 Å². The Morgan fingerprint density at radius 1 is 1.22 bits per heavy atom. The second kappa shape index (κ2) is 10.6. The summed E-state index contributed by atoms with van der Waals surface area (Å²) in [4.78, 5) is 25.5. The standard InChI is InChI=1S/C17H25NO5/c1-3-23-17(21)13-18(16(20)10-6-7-11-22-2)12-14-8-4-5-9-15(14)19/h4-5,8-9,19H,3,6-7,10-13H2,1-2H3. The monoisotopic (exact) mass is 323 g/mol. The number of phenols is 1. The van der Waals surface area contributed by atoms with E-state index in [4.69, 9.17) is 9.47 Å². The first-order valence-electron chi connectivity index (χ1n) is 7.77. The molecule has 0 saturated carbocycles. The maximum absolute atomic E-state index is 12.4. The molecule has 1 rings (SSSR count).